The van der Waals surface area contributed by atoms with Gasteiger partial charge in [-0.05, 0) is 29.7 Å². The normalized spacial score (nSPS) is 15.4. The molecule has 0 spiro atoms. The van der Waals surface area contributed by atoms with Gasteiger partial charge in [0.05, 0.1) is 5.56 Å². The summed E-state index contributed by atoms with van der Waals surface area (Å²) < 4.78 is 37.9. The lowest BCUT2D eigenvalue weighted by Crippen LogP contribution is -2.35. The molecule has 18 heavy (non-hydrogen) atoms. The highest BCUT2D eigenvalue weighted by atomic mass is 19.4. The summed E-state index contributed by atoms with van der Waals surface area (Å²) in [4.78, 5) is 11.9. The van der Waals surface area contributed by atoms with E-state index < -0.39 is 17.8 Å². The maximum absolute atomic E-state index is 12.6. The molecule has 0 atom stereocenters. The van der Waals surface area contributed by atoms with Crippen LogP contribution in [-0.4, -0.2) is 22.6 Å². The summed E-state index contributed by atoms with van der Waals surface area (Å²) in [6.07, 6.45) is -5.30. The molecule has 1 heterocycles. The van der Waals surface area contributed by atoms with Crippen molar-refractivity contribution in [3.63, 3.8) is 0 Å². The summed E-state index contributed by atoms with van der Waals surface area (Å²) in [5.41, 5.74) is 5.19. The summed E-state index contributed by atoms with van der Waals surface area (Å²) in [5.74, 6) is 0. The summed E-state index contributed by atoms with van der Waals surface area (Å²) in [5, 5.41) is 8.83. The van der Waals surface area contributed by atoms with Gasteiger partial charge in [0.2, 0.25) is 0 Å². The Balaban J connectivity index is 2.39. The molecule has 0 aliphatic carbocycles. The number of nitrogens with zero attached hydrogens (tertiary/aromatic N) is 1. The third kappa shape index (κ3) is 2.20. The molecule has 3 N–H and O–H groups in total. The number of anilines is 1. The quantitative estimate of drug-likeness (QED) is 0.703. The molecule has 2 rings (SSSR count). The second-order valence-corrected chi connectivity index (χ2v) is 4.16. The molecule has 0 unspecified atom stereocenters. The average Bonchev–Trinajstić information content (AvgIpc) is 2.25. The first kappa shape index (κ1) is 12.5. The van der Waals surface area contributed by atoms with Crippen LogP contribution in [0.5, 0.6) is 0 Å². The number of carbonyl (C=O) groups is 1. The zero-order valence-corrected chi connectivity index (χ0v) is 9.29. The molecule has 0 saturated carbocycles. The Hall–Kier alpha value is -1.92. The first-order valence-corrected chi connectivity index (χ1v) is 5.25. The van der Waals surface area contributed by atoms with E-state index in [0.717, 1.165) is 11.0 Å². The van der Waals surface area contributed by atoms with Crippen LogP contribution in [0.3, 0.4) is 0 Å². The van der Waals surface area contributed by atoms with E-state index in [-0.39, 0.29) is 25.2 Å². The van der Waals surface area contributed by atoms with E-state index in [2.05, 4.69) is 0 Å². The van der Waals surface area contributed by atoms with E-state index in [1.54, 1.807) is 0 Å². The predicted molar refractivity (Wildman–Crippen MR) is 58.0 cm³/mol. The van der Waals surface area contributed by atoms with Crippen LogP contribution >= 0.6 is 0 Å². The van der Waals surface area contributed by atoms with Crippen molar-refractivity contribution < 1.29 is 23.1 Å². The highest BCUT2D eigenvalue weighted by Gasteiger charge is 2.34. The van der Waals surface area contributed by atoms with Gasteiger partial charge in [-0.15, -0.1) is 0 Å². The number of rotatable bonds is 0. The van der Waals surface area contributed by atoms with E-state index in [9.17, 15) is 18.0 Å². The van der Waals surface area contributed by atoms with Gasteiger partial charge in [0.15, 0.2) is 0 Å². The van der Waals surface area contributed by atoms with Crippen molar-refractivity contribution in [2.45, 2.75) is 19.1 Å². The minimum Gasteiger partial charge on any atom is -0.465 e. The molecule has 0 aromatic heterocycles. The summed E-state index contributed by atoms with van der Waals surface area (Å²) in [6, 6.07) is 2.23. The Morgan fingerprint density at radius 2 is 2.00 bits per heavy atom. The Kier molecular flexibility index (Phi) is 2.84. The fourth-order valence-corrected chi connectivity index (χ4v) is 2.04. The first-order chi connectivity index (χ1) is 8.29. The van der Waals surface area contributed by atoms with Crippen LogP contribution in [0.4, 0.5) is 23.7 Å². The molecule has 0 fully saturated rings. The SMILES string of the molecule is Nc1cc2c(cc1C(F)(F)F)CCN(C(=O)O)C2. The molecule has 0 radical (unpaired) electrons. The van der Waals surface area contributed by atoms with Crippen molar-refractivity contribution in [1.29, 1.82) is 0 Å². The monoisotopic (exact) mass is 260 g/mol. The van der Waals surface area contributed by atoms with Crippen molar-refractivity contribution in [2.75, 3.05) is 12.3 Å². The van der Waals surface area contributed by atoms with Crippen molar-refractivity contribution in [3.8, 4) is 0 Å². The molecule has 1 aliphatic heterocycles. The van der Waals surface area contributed by atoms with E-state index >= 15 is 0 Å². The lowest BCUT2D eigenvalue weighted by Gasteiger charge is -2.27. The third-order valence-corrected chi connectivity index (χ3v) is 2.96. The molecule has 4 nitrogen and oxygen atoms in total. The Morgan fingerprint density at radius 1 is 1.33 bits per heavy atom. The number of carboxylic acid groups (broad SMARTS) is 1. The zero-order chi connectivity index (χ0) is 13.5. The zero-order valence-electron chi connectivity index (χ0n) is 9.29. The summed E-state index contributed by atoms with van der Waals surface area (Å²) in [7, 11) is 0. The lowest BCUT2D eigenvalue weighted by atomic mass is 9.96. The van der Waals surface area contributed by atoms with E-state index in [1.165, 1.54) is 6.07 Å². The Bertz CT molecular complexity index is 500. The van der Waals surface area contributed by atoms with Crippen molar-refractivity contribution in [3.05, 3.63) is 28.8 Å². The van der Waals surface area contributed by atoms with E-state index in [0.29, 0.717) is 11.1 Å². The number of alkyl halides is 3. The second kappa shape index (κ2) is 4.08. The predicted octanol–water partition coefficient (Wildman–Crippen LogP) is 2.32. The number of halogens is 3. The number of benzene rings is 1. The smallest absolute Gasteiger partial charge is 0.418 e. The van der Waals surface area contributed by atoms with Crippen LogP contribution in [0.25, 0.3) is 0 Å². The highest BCUT2D eigenvalue weighted by Crippen LogP contribution is 2.36. The summed E-state index contributed by atoms with van der Waals surface area (Å²) >= 11 is 0. The fraction of sp³-hybridized carbons (Fsp3) is 0.364. The van der Waals surface area contributed by atoms with Crippen LogP contribution in [0.15, 0.2) is 12.1 Å². The molecular formula is C11H11F3N2O2. The largest absolute Gasteiger partial charge is 0.465 e. The molecule has 98 valence electrons. The van der Waals surface area contributed by atoms with Gasteiger partial charge in [-0.2, -0.15) is 13.2 Å². The van der Waals surface area contributed by atoms with E-state index in [4.69, 9.17) is 10.8 Å². The van der Waals surface area contributed by atoms with Gasteiger partial charge >= 0.3 is 12.3 Å². The number of amides is 1. The van der Waals surface area contributed by atoms with Crippen LogP contribution < -0.4 is 5.73 Å². The van der Waals surface area contributed by atoms with Gasteiger partial charge < -0.3 is 15.7 Å². The molecule has 1 aromatic rings. The molecule has 0 bridgehead atoms. The second-order valence-electron chi connectivity index (χ2n) is 4.16. The molecule has 1 aromatic carbocycles. The first-order valence-electron chi connectivity index (χ1n) is 5.25. The number of nitrogen functional groups attached to an aromatic ring is 1. The summed E-state index contributed by atoms with van der Waals surface area (Å²) in [6.45, 7) is 0.274. The molecule has 7 heteroatoms. The number of hydrogen-bond acceptors (Lipinski definition) is 2. The fourth-order valence-electron chi connectivity index (χ4n) is 2.04. The van der Waals surface area contributed by atoms with Crippen LogP contribution in [0.2, 0.25) is 0 Å². The van der Waals surface area contributed by atoms with Crippen molar-refractivity contribution in [1.82, 2.24) is 4.90 Å². The molecule has 1 amide bonds. The van der Waals surface area contributed by atoms with Gasteiger partial charge in [-0.25, -0.2) is 4.79 Å². The van der Waals surface area contributed by atoms with Gasteiger partial charge in [0.1, 0.15) is 0 Å². The number of nitrogens with two attached hydrogens (primary N) is 1. The Labute approximate surface area is 101 Å². The van der Waals surface area contributed by atoms with Crippen LogP contribution in [0, 0.1) is 0 Å². The lowest BCUT2D eigenvalue weighted by molar-refractivity contribution is -0.137. The molecular weight excluding hydrogens is 249 g/mol. The maximum Gasteiger partial charge on any atom is 0.418 e. The van der Waals surface area contributed by atoms with Crippen LogP contribution in [0.1, 0.15) is 16.7 Å². The number of hydrogen-bond donors (Lipinski definition) is 2. The molecule has 1 aliphatic rings. The van der Waals surface area contributed by atoms with Crippen molar-refractivity contribution in [2.24, 2.45) is 0 Å². The van der Waals surface area contributed by atoms with Gasteiger partial charge in [-0.1, -0.05) is 0 Å². The van der Waals surface area contributed by atoms with Crippen LogP contribution in [-0.2, 0) is 19.1 Å². The minimum atomic E-state index is -4.48. The minimum absolute atomic E-state index is 0.0764. The Morgan fingerprint density at radius 3 is 2.56 bits per heavy atom. The van der Waals surface area contributed by atoms with Crippen molar-refractivity contribution >= 4 is 11.8 Å². The third-order valence-electron chi connectivity index (χ3n) is 2.96. The standard InChI is InChI=1S/C11H11F3N2O2/c12-11(13,14)8-3-6-1-2-16(10(17)18)5-7(6)4-9(8)15/h3-4H,1-2,5,15H2,(H,17,18). The van der Waals surface area contributed by atoms with E-state index in [1.807, 2.05) is 0 Å². The highest BCUT2D eigenvalue weighted by molar-refractivity contribution is 5.66. The topological polar surface area (TPSA) is 66.6 Å². The average molecular weight is 260 g/mol. The maximum atomic E-state index is 12.6. The molecule has 0 saturated heterocycles. The van der Waals surface area contributed by atoms with Gasteiger partial charge in [0, 0.05) is 18.8 Å². The van der Waals surface area contributed by atoms with Gasteiger partial charge in [-0.3, -0.25) is 0 Å². The number of fused-ring (bicyclic) bond motifs is 1. The van der Waals surface area contributed by atoms with Gasteiger partial charge in [0.25, 0.3) is 0 Å².